The minimum absolute atomic E-state index is 0.145. The molecule has 0 aliphatic heterocycles. The number of imidazole rings is 1. The molecular formula is C12H13N3O. The Labute approximate surface area is 93.8 Å². The van der Waals surface area contributed by atoms with Crippen LogP contribution in [0, 0.1) is 18.3 Å². The molecule has 0 bridgehead atoms. The molecule has 0 amide bonds. The molecule has 1 aromatic heterocycles. The van der Waals surface area contributed by atoms with Gasteiger partial charge in [-0.1, -0.05) is 12.1 Å². The summed E-state index contributed by atoms with van der Waals surface area (Å²) in [6.07, 6.45) is -0.493. The molecule has 1 atom stereocenters. The van der Waals surface area contributed by atoms with Crippen molar-refractivity contribution < 1.29 is 5.11 Å². The third-order valence-electron chi connectivity index (χ3n) is 2.57. The lowest BCUT2D eigenvalue weighted by molar-refractivity contribution is 0.159. The van der Waals surface area contributed by atoms with E-state index in [4.69, 9.17) is 5.26 Å². The molecule has 82 valence electrons. The van der Waals surface area contributed by atoms with Gasteiger partial charge in [-0.15, -0.1) is 0 Å². The second-order valence-corrected chi connectivity index (χ2v) is 3.77. The van der Waals surface area contributed by atoms with Crippen molar-refractivity contribution in [3.63, 3.8) is 0 Å². The summed E-state index contributed by atoms with van der Waals surface area (Å²) in [7, 11) is 0. The van der Waals surface area contributed by atoms with E-state index in [9.17, 15) is 5.11 Å². The second-order valence-electron chi connectivity index (χ2n) is 3.77. The Morgan fingerprint density at radius 3 is 3.00 bits per heavy atom. The van der Waals surface area contributed by atoms with Crippen LogP contribution in [0.3, 0.4) is 0 Å². The predicted octanol–water partition coefficient (Wildman–Crippen LogP) is 1.62. The zero-order valence-corrected chi connectivity index (χ0v) is 9.09. The molecule has 0 aliphatic carbocycles. The fourth-order valence-electron chi connectivity index (χ4n) is 1.81. The van der Waals surface area contributed by atoms with Crippen LogP contribution < -0.4 is 0 Å². The molecule has 1 heterocycles. The molecule has 0 fully saturated rings. The van der Waals surface area contributed by atoms with E-state index in [1.807, 2.05) is 41.8 Å². The minimum atomic E-state index is -0.638. The summed E-state index contributed by atoms with van der Waals surface area (Å²) < 4.78 is 1.94. The average Bonchev–Trinajstić information content (AvgIpc) is 2.56. The first-order chi connectivity index (χ1) is 7.72. The van der Waals surface area contributed by atoms with Gasteiger partial charge in [0.15, 0.2) is 0 Å². The molecule has 0 saturated heterocycles. The van der Waals surface area contributed by atoms with E-state index in [0.29, 0.717) is 6.54 Å². The predicted molar refractivity (Wildman–Crippen MR) is 60.7 cm³/mol. The van der Waals surface area contributed by atoms with Gasteiger partial charge in [0, 0.05) is 0 Å². The van der Waals surface area contributed by atoms with Gasteiger partial charge in [0.05, 0.1) is 36.2 Å². The van der Waals surface area contributed by atoms with E-state index in [-0.39, 0.29) is 6.42 Å². The maximum Gasteiger partial charge on any atom is 0.106 e. The van der Waals surface area contributed by atoms with Gasteiger partial charge < -0.3 is 9.67 Å². The van der Waals surface area contributed by atoms with E-state index in [0.717, 1.165) is 16.9 Å². The van der Waals surface area contributed by atoms with Gasteiger partial charge in [-0.05, 0) is 19.1 Å². The lowest BCUT2D eigenvalue weighted by atomic mass is 10.2. The summed E-state index contributed by atoms with van der Waals surface area (Å²) in [5, 5.41) is 18.1. The SMILES string of the molecule is Cc1nc2ccccc2n1CC(O)CC#N. The van der Waals surface area contributed by atoms with Crippen molar-refractivity contribution in [2.75, 3.05) is 0 Å². The van der Waals surface area contributed by atoms with Crippen LogP contribution in [0.2, 0.25) is 0 Å². The van der Waals surface area contributed by atoms with Crippen LogP contribution in [0.4, 0.5) is 0 Å². The number of rotatable bonds is 3. The number of hydrogen-bond acceptors (Lipinski definition) is 3. The summed E-state index contributed by atoms with van der Waals surface area (Å²) in [6.45, 7) is 2.32. The number of nitriles is 1. The maximum atomic E-state index is 9.63. The summed E-state index contributed by atoms with van der Waals surface area (Å²) >= 11 is 0. The van der Waals surface area contributed by atoms with Crippen molar-refractivity contribution in [3.8, 4) is 6.07 Å². The molecule has 0 radical (unpaired) electrons. The Bertz CT molecular complexity index is 539. The monoisotopic (exact) mass is 215 g/mol. The fraction of sp³-hybridized carbons (Fsp3) is 0.333. The number of aromatic nitrogens is 2. The highest BCUT2D eigenvalue weighted by molar-refractivity contribution is 5.75. The number of aryl methyl sites for hydroxylation is 1. The number of para-hydroxylation sites is 2. The van der Waals surface area contributed by atoms with Gasteiger partial charge in [0.1, 0.15) is 5.82 Å². The van der Waals surface area contributed by atoms with Crippen LogP contribution in [0.15, 0.2) is 24.3 Å². The van der Waals surface area contributed by atoms with Gasteiger partial charge >= 0.3 is 0 Å². The maximum absolute atomic E-state index is 9.63. The van der Waals surface area contributed by atoms with Crippen molar-refractivity contribution >= 4 is 11.0 Å². The topological polar surface area (TPSA) is 61.8 Å². The van der Waals surface area contributed by atoms with Gasteiger partial charge in [0.2, 0.25) is 0 Å². The molecule has 4 heteroatoms. The van der Waals surface area contributed by atoms with Gasteiger partial charge in [-0.2, -0.15) is 5.26 Å². The number of nitrogens with zero attached hydrogens (tertiary/aromatic N) is 3. The Kier molecular flexibility index (Phi) is 2.88. The van der Waals surface area contributed by atoms with Crippen molar-refractivity contribution in [2.24, 2.45) is 0 Å². The molecule has 1 N–H and O–H groups in total. The molecule has 1 unspecified atom stereocenters. The first-order valence-corrected chi connectivity index (χ1v) is 5.19. The molecular weight excluding hydrogens is 202 g/mol. The highest BCUT2D eigenvalue weighted by Crippen LogP contribution is 2.16. The largest absolute Gasteiger partial charge is 0.390 e. The smallest absolute Gasteiger partial charge is 0.106 e. The van der Waals surface area contributed by atoms with Gasteiger partial charge in [0.25, 0.3) is 0 Å². The molecule has 0 saturated carbocycles. The van der Waals surface area contributed by atoms with E-state index >= 15 is 0 Å². The summed E-state index contributed by atoms with van der Waals surface area (Å²) in [5.74, 6) is 0.859. The van der Waals surface area contributed by atoms with Crippen LogP contribution in [0.1, 0.15) is 12.2 Å². The molecule has 2 rings (SSSR count). The van der Waals surface area contributed by atoms with Gasteiger partial charge in [-0.25, -0.2) is 4.98 Å². The van der Waals surface area contributed by atoms with E-state index < -0.39 is 6.10 Å². The number of fused-ring (bicyclic) bond motifs is 1. The summed E-state index contributed by atoms with van der Waals surface area (Å²) in [6, 6.07) is 9.75. The van der Waals surface area contributed by atoms with E-state index in [2.05, 4.69) is 4.98 Å². The number of aliphatic hydroxyl groups excluding tert-OH is 1. The molecule has 0 aliphatic rings. The van der Waals surface area contributed by atoms with Crippen LogP contribution in [-0.2, 0) is 6.54 Å². The number of aliphatic hydroxyl groups is 1. The highest BCUT2D eigenvalue weighted by Gasteiger charge is 2.10. The number of hydrogen-bond donors (Lipinski definition) is 1. The Hall–Kier alpha value is -1.86. The van der Waals surface area contributed by atoms with Crippen molar-refractivity contribution in [1.29, 1.82) is 5.26 Å². The highest BCUT2D eigenvalue weighted by atomic mass is 16.3. The van der Waals surface area contributed by atoms with Crippen LogP contribution in [0.5, 0.6) is 0 Å². The fourth-order valence-corrected chi connectivity index (χ4v) is 1.81. The molecule has 2 aromatic rings. The summed E-state index contributed by atoms with van der Waals surface area (Å²) in [5.41, 5.74) is 1.92. The third kappa shape index (κ3) is 1.90. The minimum Gasteiger partial charge on any atom is -0.390 e. The van der Waals surface area contributed by atoms with Crippen LogP contribution in [0.25, 0.3) is 11.0 Å². The molecule has 16 heavy (non-hydrogen) atoms. The third-order valence-corrected chi connectivity index (χ3v) is 2.57. The van der Waals surface area contributed by atoms with E-state index in [1.54, 1.807) is 0 Å². The molecule has 4 nitrogen and oxygen atoms in total. The first kappa shape index (κ1) is 10.7. The Morgan fingerprint density at radius 1 is 1.50 bits per heavy atom. The standard InChI is InChI=1S/C12H13N3O/c1-9-14-11-4-2-3-5-12(11)15(9)8-10(16)6-7-13/h2-5,10,16H,6,8H2,1H3. The lowest BCUT2D eigenvalue weighted by Gasteiger charge is -2.10. The first-order valence-electron chi connectivity index (χ1n) is 5.19. The van der Waals surface area contributed by atoms with Crippen molar-refractivity contribution in [1.82, 2.24) is 9.55 Å². The lowest BCUT2D eigenvalue weighted by Crippen LogP contribution is -2.16. The van der Waals surface area contributed by atoms with E-state index in [1.165, 1.54) is 0 Å². The zero-order chi connectivity index (χ0) is 11.5. The zero-order valence-electron chi connectivity index (χ0n) is 9.09. The summed E-state index contributed by atoms with van der Waals surface area (Å²) in [4.78, 5) is 4.40. The molecule has 0 spiro atoms. The Balaban J connectivity index is 2.37. The second kappa shape index (κ2) is 4.33. The number of benzene rings is 1. The average molecular weight is 215 g/mol. The quantitative estimate of drug-likeness (QED) is 0.846. The van der Waals surface area contributed by atoms with Crippen LogP contribution in [-0.4, -0.2) is 20.8 Å². The van der Waals surface area contributed by atoms with Crippen molar-refractivity contribution in [3.05, 3.63) is 30.1 Å². The normalized spacial score (nSPS) is 12.6. The van der Waals surface area contributed by atoms with Gasteiger partial charge in [-0.3, -0.25) is 0 Å². The Morgan fingerprint density at radius 2 is 2.25 bits per heavy atom. The molecule has 1 aromatic carbocycles. The van der Waals surface area contributed by atoms with Crippen LogP contribution >= 0.6 is 0 Å². The van der Waals surface area contributed by atoms with Crippen molar-refractivity contribution in [2.45, 2.75) is 26.0 Å².